The van der Waals surface area contributed by atoms with Crippen LogP contribution in [0.2, 0.25) is 0 Å². The van der Waals surface area contributed by atoms with E-state index in [9.17, 15) is 0 Å². The van der Waals surface area contributed by atoms with Gasteiger partial charge in [0.15, 0.2) is 0 Å². The molecule has 1 aromatic heterocycles. The van der Waals surface area contributed by atoms with E-state index < -0.39 is 0 Å². The highest BCUT2D eigenvalue weighted by atomic mass is 32.2. The van der Waals surface area contributed by atoms with Crippen LogP contribution in [0.25, 0.3) is 0 Å². The number of nitrogens with one attached hydrogen (secondary N) is 1. The molecule has 0 fully saturated rings. The summed E-state index contributed by atoms with van der Waals surface area (Å²) in [5, 5.41) is 4.71. The highest BCUT2D eigenvalue weighted by molar-refractivity contribution is 7.98. The van der Waals surface area contributed by atoms with Crippen molar-refractivity contribution in [1.82, 2.24) is 10.3 Å². The van der Waals surface area contributed by atoms with Crippen molar-refractivity contribution in [2.45, 2.75) is 44.9 Å². The molecule has 2 rings (SSSR count). The standard InChI is InChI=1S/C17H24N2S2/c1-12(2)9-18-10-15-6-5-7-16(8-15)20-11-17-19-13(3)14(4)21-17/h5-8,12,18H,9-11H2,1-4H3. The average Bonchev–Trinajstić information content (AvgIpc) is 2.76. The molecule has 21 heavy (non-hydrogen) atoms. The minimum absolute atomic E-state index is 0.693. The fraction of sp³-hybridized carbons (Fsp3) is 0.471. The van der Waals surface area contributed by atoms with Crippen molar-refractivity contribution in [1.29, 1.82) is 0 Å². The Morgan fingerprint density at radius 2 is 2.10 bits per heavy atom. The first kappa shape index (κ1) is 16.5. The summed E-state index contributed by atoms with van der Waals surface area (Å²) in [6, 6.07) is 8.80. The summed E-state index contributed by atoms with van der Waals surface area (Å²) < 4.78 is 0. The summed E-state index contributed by atoms with van der Waals surface area (Å²) in [7, 11) is 0. The number of thiazole rings is 1. The Morgan fingerprint density at radius 3 is 2.76 bits per heavy atom. The van der Waals surface area contributed by atoms with Crippen LogP contribution in [-0.4, -0.2) is 11.5 Å². The molecule has 1 N–H and O–H groups in total. The average molecular weight is 321 g/mol. The van der Waals surface area contributed by atoms with Crippen molar-refractivity contribution in [3.63, 3.8) is 0 Å². The second-order valence-corrected chi connectivity index (χ2v) is 8.05. The van der Waals surface area contributed by atoms with Gasteiger partial charge in [0.1, 0.15) is 5.01 Å². The zero-order chi connectivity index (χ0) is 15.2. The predicted molar refractivity (Wildman–Crippen MR) is 94.1 cm³/mol. The molecule has 0 aliphatic carbocycles. The first-order valence-electron chi connectivity index (χ1n) is 7.40. The van der Waals surface area contributed by atoms with Gasteiger partial charge in [0, 0.05) is 16.3 Å². The second kappa shape index (κ2) is 7.97. The maximum absolute atomic E-state index is 4.60. The lowest BCUT2D eigenvalue weighted by Gasteiger charge is -2.08. The molecule has 2 nitrogen and oxygen atoms in total. The van der Waals surface area contributed by atoms with Crippen molar-refractivity contribution in [3.8, 4) is 0 Å². The second-order valence-electron chi connectivity index (χ2n) is 5.71. The van der Waals surface area contributed by atoms with Gasteiger partial charge in [-0.1, -0.05) is 26.0 Å². The van der Waals surface area contributed by atoms with E-state index in [1.54, 1.807) is 0 Å². The summed E-state index contributed by atoms with van der Waals surface area (Å²) in [4.78, 5) is 7.26. The van der Waals surface area contributed by atoms with E-state index >= 15 is 0 Å². The van der Waals surface area contributed by atoms with Crippen LogP contribution < -0.4 is 5.32 Å². The molecule has 1 aromatic carbocycles. The van der Waals surface area contributed by atoms with Gasteiger partial charge in [-0.15, -0.1) is 23.1 Å². The van der Waals surface area contributed by atoms with Gasteiger partial charge in [-0.2, -0.15) is 0 Å². The third-order valence-electron chi connectivity index (χ3n) is 3.22. The van der Waals surface area contributed by atoms with Crippen LogP contribution in [0.4, 0.5) is 0 Å². The summed E-state index contributed by atoms with van der Waals surface area (Å²) in [6.45, 7) is 10.7. The van der Waals surface area contributed by atoms with Crippen molar-refractivity contribution in [2.75, 3.05) is 6.54 Å². The smallest absolute Gasteiger partial charge is 0.103 e. The highest BCUT2D eigenvalue weighted by Gasteiger charge is 2.05. The predicted octanol–water partition coefficient (Wildman–Crippen LogP) is 4.80. The summed E-state index contributed by atoms with van der Waals surface area (Å²) in [5.41, 5.74) is 2.52. The molecular formula is C17H24N2S2. The number of hydrogen-bond donors (Lipinski definition) is 1. The van der Waals surface area contributed by atoms with Crippen LogP contribution in [0, 0.1) is 19.8 Å². The molecule has 2 aromatic rings. The maximum atomic E-state index is 4.60. The van der Waals surface area contributed by atoms with Crippen molar-refractivity contribution >= 4 is 23.1 Å². The number of hydrogen-bond acceptors (Lipinski definition) is 4. The molecule has 0 spiro atoms. The molecule has 114 valence electrons. The zero-order valence-corrected chi connectivity index (χ0v) is 14.9. The molecule has 0 radical (unpaired) electrons. The van der Waals surface area contributed by atoms with Crippen LogP contribution >= 0.6 is 23.1 Å². The topological polar surface area (TPSA) is 24.9 Å². The molecular weight excluding hydrogens is 296 g/mol. The lowest BCUT2D eigenvalue weighted by molar-refractivity contribution is 0.552. The summed E-state index contributed by atoms with van der Waals surface area (Å²) in [6.07, 6.45) is 0. The quantitative estimate of drug-likeness (QED) is 0.742. The highest BCUT2D eigenvalue weighted by Crippen LogP contribution is 2.27. The Bertz CT molecular complexity index is 556. The van der Waals surface area contributed by atoms with Gasteiger partial charge in [-0.25, -0.2) is 4.98 Å². The maximum Gasteiger partial charge on any atom is 0.103 e. The Morgan fingerprint density at radius 1 is 1.29 bits per heavy atom. The zero-order valence-electron chi connectivity index (χ0n) is 13.3. The molecule has 0 bridgehead atoms. The summed E-state index contributed by atoms with van der Waals surface area (Å²) in [5.74, 6) is 1.65. The van der Waals surface area contributed by atoms with Gasteiger partial charge < -0.3 is 5.32 Å². The first-order valence-corrected chi connectivity index (χ1v) is 9.20. The van der Waals surface area contributed by atoms with Gasteiger partial charge in [-0.05, 0) is 44.0 Å². The molecule has 0 amide bonds. The number of thioether (sulfide) groups is 1. The Kier molecular flexibility index (Phi) is 6.27. The molecule has 0 atom stereocenters. The minimum atomic E-state index is 0.693. The molecule has 4 heteroatoms. The lowest BCUT2D eigenvalue weighted by Crippen LogP contribution is -2.18. The number of aromatic nitrogens is 1. The molecule has 0 saturated heterocycles. The fourth-order valence-electron chi connectivity index (χ4n) is 2.00. The Labute approximate surface area is 136 Å². The van der Waals surface area contributed by atoms with E-state index in [1.807, 2.05) is 23.1 Å². The Balaban J connectivity index is 1.88. The number of benzene rings is 1. The normalized spacial score (nSPS) is 11.3. The molecule has 0 unspecified atom stereocenters. The van der Waals surface area contributed by atoms with Crippen LogP contribution in [0.1, 0.15) is 35.0 Å². The van der Waals surface area contributed by atoms with E-state index in [-0.39, 0.29) is 0 Å². The number of rotatable bonds is 7. The lowest BCUT2D eigenvalue weighted by atomic mass is 10.2. The third-order valence-corrected chi connectivity index (χ3v) is 5.48. The van der Waals surface area contributed by atoms with Gasteiger partial charge >= 0.3 is 0 Å². The van der Waals surface area contributed by atoms with E-state index in [1.165, 1.54) is 26.0 Å². The third kappa shape index (κ3) is 5.46. The van der Waals surface area contributed by atoms with Gasteiger partial charge in [0.2, 0.25) is 0 Å². The van der Waals surface area contributed by atoms with E-state index in [2.05, 4.69) is 62.3 Å². The number of aryl methyl sites for hydroxylation is 2. The molecule has 0 aliphatic heterocycles. The largest absolute Gasteiger partial charge is 0.312 e. The minimum Gasteiger partial charge on any atom is -0.312 e. The summed E-state index contributed by atoms with van der Waals surface area (Å²) >= 11 is 3.68. The van der Waals surface area contributed by atoms with Gasteiger partial charge in [0.05, 0.1) is 11.4 Å². The van der Waals surface area contributed by atoms with Crippen molar-refractivity contribution in [3.05, 3.63) is 45.4 Å². The van der Waals surface area contributed by atoms with Crippen molar-refractivity contribution in [2.24, 2.45) is 5.92 Å². The van der Waals surface area contributed by atoms with Crippen LogP contribution in [0.3, 0.4) is 0 Å². The van der Waals surface area contributed by atoms with E-state index in [0.717, 1.165) is 18.8 Å². The SMILES string of the molecule is Cc1nc(CSc2cccc(CNCC(C)C)c2)sc1C. The van der Waals surface area contributed by atoms with Gasteiger partial charge in [0.25, 0.3) is 0 Å². The van der Waals surface area contributed by atoms with Crippen LogP contribution in [0.15, 0.2) is 29.2 Å². The molecule has 1 heterocycles. The first-order chi connectivity index (χ1) is 10.0. The van der Waals surface area contributed by atoms with E-state index in [4.69, 9.17) is 0 Å². The van der Waals surface area contributed by atoms with E-state index in [0.29, 0.717) is 5.92 Å². The molecule has 0 saturated carbocycles. The fourth-order valence-corrected chi connectivity index (χ4v) is 3.90. The van der Waals surface area contributed by atoms with Crippen LogP contribution in [0.5, 0.6) is 0 Å². The number of nitrogens with zero attached hydrogens (tertiary/aromatic N) is 1. The van der Waals surface area contributed by atoms with Crippen LogP contribution in [-0.2, 0) is 12.3 Å². The Hall–Kier alpha value is -0.840. The molecule has 0 aliphatic rings. The monoisotopic (exact) mass is 320 g/mol. The van der Waals surface area contributed by atoms with Gasteiger partial charge in [-0.3, -0.25) is 0 Å². The van der Waals surface area contributed by atoms with Crippen molar-refractivity contribution < 1.29 is 0 Å².